The van der Waals surface area contributed by atoms with Gasteiger partial charge in [0, 0.05) is 6.20 Å². The van der Waals surface area contributed by atoms with Crippen molar-refractivity contribution in [2.24, 2.45) is 0 Å². The van der Waals surface area contributed by atoms with Gasteiger partial charge in [-0.05, 0) is 42.3 Å². The second-order valence-corrected chi connectivity index (χ2v) is 5.76. The van der Waals surface area contributed by atoms with Crippen LogP contribution in [0.5, 0.6) is 0 Å². The van der Waals surface area contributed by atoms with E-state index in [0.29, 0.717) is 18.8 Å². The molecule has 2 N–H and O–H groups in total. The van der Waals surface area contributed by atoms with E-state index >= 15 is 0 Å². The van der Waals surface area contributed by atoms with Crippen molar-refractivity contribution in [3.8, 4) is 0 Å². The number of carbonyl (C=O) groups is 1. The van der Waals surface area contributed by atoms with Crippen molar-refractivity contribution < 1.29 is 4.79 Å². The van der Waals surface area contributed by atoms with Gasteiger partial charge in [-0.2, -0.15) is 0 Å². The Balaban J connectivity index is 1.53. The maximum Gasteiger partial charge on any atom is 0.229 e. The molecule has 0 aliphatic carbocycles. The molecule has 0 radical (unpaired) electrons. The van der Waals surface area contributed by atoms with E-state index in [1.165, 1.54) is 0 Å². The van der Waals surface area contributed by atoms with Gasteiger partial charge < -0.3 is 10.6 Å². The number of pyridine rings is 2. The van der Waals surface area contributed by atoms with Crippen LogP contribution in [0.1, 0.15) is 16.8 Å². The first kappa shape index (κ1) is 16.6. The summed E-state index contributed by atoms with van der Waals surface area (Å²) in [5, 5.41) is 6.08. The zero-order valence-corrected chi connectivity index (χ0v) is 14.1. The van der Waals surface area contributed by atoms with Crippen molar-refractivity contribution in [3.05, 3.63) is 83.8 Å². The van der Waals surface area contributed by atoms with Crippen molar-refractivity contribution in [1.29, 1.82) is 0 Å². The topological polar surface area (TPSA) is 66.9 Å². The molecule has 1 aromatic carbocycles. The third-order valence-corrected chi connectivity index (χ3v) is 3.84. The normalized spacial score (nSPS) is 10.3. The van der Waals surface area contributed by atoms with E-state index in [4.69, 9.17) is 0 Å². The van der Waals surface area contributed by atoms with Crippen LogP contribution in [0.25, 0.3) is 0 Å². The van der Waals surface area contributed by atoms with Crippen LogP contribution >= 0.6 is 0 Å². The summed E-state index contributed by atoms with van der Waals surface area (Å²) >= 11 is 0. The van der Waals surface area contributed by atoms with Crippen molar-refractivity contribution in [2.75, 3.05) is 10.6 Å². The van der Waals surface area contributed by atoms with E-state index in [9.17, 15) is 4.79 Å². The van der Waals surface area contributed by atoms with E-state index in [0.717, 1.165) is 22.5 Å². The minimum atomic E-state index is -0.0732. The summed E-state index contributed by atoms with van der Waals surface area (Å²) in [7, 11) is 0. The molecule has 1 amide bonds. The predicted molar refractivity (Wildman–Crippen MR) is 99.3 cm³/mol. The van der Waals surface area contributed by atoms with Crippen LogP contribution in [-0.4, -0.2) is 15.9 Å². The monoisotopic (exact) mass is 332 g/mol. The largest absolute Gasteiger partial charge is 0.378 e. The number of carbonyl (C=O) groups excluding carboxylic acids is 1. The molecule has 0 aliphatic rings. The van der Waals surface area contributed by atoms with Gasteiger partial charge in [0.2, 0.25) is 5.91 Å². The Bertz CT molecular complexity index is 832. The molecule has 3 aromatic rings. The van der Waals surface area contributed by atoms with Crippen molar-refractivity contribution in [2.45, 2.75) is 19.9 Å². The second-order valence-electron chi connectivity index (χ2n) is 5.76. The van der Waals surface area contributed by atoms with Gasteiger partial charge >= 0.3 is 0 Å². The molecule has 2 aromatic heterocycles. The molecule has 0 spiro atoms. The van der Waals surface area contributed by atoms with Crippen LogP contribution in [-0.2, 0) is 17.8 Å². The molecule has 0 atom stereocenters. The highest BCUT2D eigenvalue weighted by molar-refractivity contribution is 5.91. The first-order valence-electron chi connectivity index (χ1n) is 8.15. The molecule has 5 heteroatoms. The van der Waals surface area contributed by atoms with Gasteiger partial charge in [0.25, 0.3) is 0 Å². The molecular formula is C20H20N4O. The molecular weight excluding hydrogens is 312 g/mol. The first-order valence-corrected chi connectivity index (χ1v) is 8.15. The Hall–Kier alpha value is -3.21. The number of nitrogens with zero attached hydrogens (tertiary/aromatic N) is 2. The Kier molecular flexibility index (Phi) is 5.36. The minimum Gasteiger partial charge on any atom is -0.378 e. The van der Waals surface area contributed by atoms with Gasteiger partial charge in [0.1, 0.15) is 5.82 Å². The Labute approximate surface area is 147 Å². The van der Waals surface area contributed by atoms with Crippen molar-refractivity contribution in [1.82, 2.24) is 9.97 Å². The smallest absolute Gasteiger partial charge is 0.229 e. The van der Waals surface area contributed by atoms with Crippen LogP contribution < -0.4 is 10.6 Å². The van der Waals surface area contributed by atoms with Crippen LogP contribution in [0.3, 0.4) is 0 Å². The summed E-state index contributed by atoms with van der Waals surface area (Å²) in [4.78, 5) is 20.7. The molecule has 25 heavy (non-hydrogen) atoms. The number of hydrogen-bond donors (Lipinski definition) is 2. The number of anilines is 2. The average Bonchev–Trinajstić information content (AvgIpc) is 2.64. The summed E-state index contributed by atoms with van der Waals surface area (Å²) in [5.41, 5.74) is 3.97. The van der Waals surface area contributed by atoms with Crippen LogP contribution in [0.4, 0.5) is 11.5 Å². The standard InChI is InChI=1S/C20H20N4O/c1-15-6-2-3-7-16(15)12-20(25)24-19-10-9-18(14-23-19)22-13-17-8-4-5-11-21-17/h2-11,14,22H,12-13H2,1H3,(H,23,24,25). The Morgan fingerprint density at radius 2 is 1.84 bits per heavy atom. The number of benzene rings is 1. The van der Waals surface area contributed by atoms with Gasteiger partial charge in [-0.3, -0.25) is 9.78 Å². The quantitative estimate of drug-likeness (QED) is 0.724. The molecule has 0 saturated heterocycles. The van der Waals surface area contributed by atoms with E-state index in [1.807, 2.05) is 55.5 Å². The number of nitrogens with one attached hydrogen (secondary N) is 2. The lowest BCUT2D eigenvalue weighted by atomic mass is 10.1. The number of hydrogen-bond acceptors (Lipinski definition) is 4. The number of rotatable bonds is 6. The highest BCUT2D eigenvalue weighted by Gasteiger charge is 2.07. The summed E-state index contributed by atoms with van der Waals surface area (Å²) < 4.78 is 0. The Morgan fingerprint density at radius 3 is 2.56 bits per heavy atom. The average molecular weight is 332 g/mol. The van der Waals surface area contributed by atoms with Crippen LogP contribution in [0, 0.1) is 6.92 Å². The molecule has 126 valence electrons. The fourth-order valence-electron chi connectivity index (χ4n) is 2.44. The molecule has 0 fully saturated rings. The van der Waals surface area contributed by atoms with Gasteiger partial charge in [-0.15, -0.1) is 0 Å². The first-order chi connectivity index (χ1) is 12.2. The van der Waals surface area contributed by atoms with Crippen LogP contribution in [0.15, 0.2) is 67.0 Å². The molecule has 5 nitrogen and oxygen atoms in total. The van der Waals surface area contributed by atoms with Gasteiger partial charge in [0.15, 0.2) is 0 Å². The third-order valence-electron chi connectivity index (χ3n) is 3.84. The summed E-state index contributed by atoms with van der Waals surface area (Å²) in [6.07, 6.45) is 3.81. The Morgan fingerprint density at radius 1 is 1.00 bits per heavy atom. The third kappa shape index (κ3) is 4.88. The minimum absolute atomic E-state index is 0.0732. The highest BCUT2D eigenvalue weighted by atomic mass is 16.1. The molecule has 0 bridgehead atoms. The molecule has 0 unspecified atom stereocenters. The fourth-order valence-corrected chi connectivity index (χ4v) is 2.44. The lowest BCUT2D eigenvalue weighted by Crippen LogP contribution is -2.15. The number of aromatic nitrogens is 2. The molecule has 3 rings (SSSR count). The maximum absolute atomic E-state index is 12.2. The van der Waals surface area contributed by atoms with Crippen molar-refractivity contribution in [3.63, 3.8) is 0 Å². The number of amides is 1. The molecule has 0 aliphatic heterocycles. The lowest BCUT2D eigenvalue weighted by molar-refractivity contribution is -0.115. The van der Waals surface area contributed by atoms with Crippen molar-refractivity contribution >= 4 is 17.4 Å². The van der Waals surface area contributed by atoms with Gasteiger partial charge in [0.05, 0.1) is 30.5 Å². The SMILES string of the molecule is Cc1ccccc1CC(=O)Nc1ccc(NCc2ccccn2)cn1. The molecule has 2 heterocycles. The number of aryl methyl sites for hydroxylation is 1. The van der Waals surface area contributed by atoms with E-state index in [2.05, 4.69) is 20.6 Å². The zero-order valence-electron chi connectivity index (χ0n) is 14.1. The van der Waals surface area contributed by atoms with Crippen LogP contribution in [0.2, 0.25) is 0 Å². The van der Waals surface area contributed by atoms with Gasteiger partial charge in [-0.25, -0.2) is 4.98 Å². The van der Waals surface area contributed by atoms with Gasteiger partial charge in [-0.1, -0.05) is 30.3 Å². The van der Waals surface area contributed by atoms with E-state index < -0.39 is 0 Å². The lowest BCUT2D eigenvalue weighted by Gasteiger charge is -2.08. The maximum atomic E-state index is 12.2. The van der Waals surface area contributed by atoms with E-state index in [1.54, 1.807) is 18.5 Å². The van der Waals surface area contributed by atoms with E-state index in [-0.39, 0.29) is 5.91 Å². The second kappa shape index (κ2) is 8.06. The highest BCUT2D eigenvalue weighted by Crippen LogP contribution is 2.12. The summed E-state index contributed by atoms with van der Waals surface area (Å²) in [5.74, 6) is 0.470. The zero-order chi connectivity index (χ0) is 17.5. The molecule has 0 saturated carbocycles. The summed E-state index contributed by atoms with van der Waals surface area (Å²) in [6, 6.07) is 17.4. The fraction of sp³-hybridized carbons (Fsp3) is 0.150. The summed E-state index contributed by atoms with van der Waals surface area (Å²) in [6.45, 7) is 2.63. The predicted octanol–water partition coefficient (Wildman–Crippen LogP) is 3.58.